The van der Waals surface area contributed by atoms with Crippen molar-refractivity contribution in [2.45, 2.75) is 0 Å². The lowest BCUT2D eigenvalue weighted by Crippen LogP contribution is -2.14. The van der Waals surface area contributed by atoms with Crippen LogP contribution in [-0.4, -0.2) is 29.1 Å². The summed E-state index contributed by atoms with van der Waals surface area (Å²) in [6.07, 6.45) is 0. The molecular formula is C10H14N6O2. The Bertz CT molecular complexity index is 580. The molecule has 0 aliphatic heterocycles. The molecule has 2 rings (SSSR count). The predicted molar refractivity (Wildman–Crippen MR) is 67.5 cm³/mol. The Morgan fingerprint density at radius 1 is 1.06 bits per heavy atom. The smallest absolute Gasteiger partial charge is 0.241 e. The van der Waals surface area contributed by atoms with Crippen molar-refractivity contribution in [1.29, 1.82) is 0 Å². The molecule has 0 saturated carbocycles. The standard InChI is InChI=1S/C10H14N6O2/c1-17-7-3-5(6(11)4-8(7)18-2)9-14-15-10(12)16(9)13/h3-4H,11,13H2,1-2H3,(H2,12,15). The van der Waals surface area contributed by atoms with Gasteiger partial charge in [-0.25, -0.2) is 4.68 Å². The van der Waals surface area contributed by atoms with Crippen LogP contribution in [0, 0.1) is 0 Å². The first-order valence-electron chi connectivity index (χ1n) is 5.06. The second-order valence-corrected chi connectivity index (χ2v) is 3.55. The second kappa shape index (κ2) is 4.32. The zero-order valence-electron chi connectivity index (χ0n) is 10.0. The van der Waals surface area contributed by atoms with E-state index in [1.54, 1.807) is 12.1 Å². The predicted octanol–water partition coefficient (Wildman–Crippen LogP) is -0.159. The third kappa shape index (κ3) is 1.73. The maximum atomic E-state index is 5.92. The lowest BCUT2D eigenvalue weighted by molar-refractivity contribution is 0.355. The number of benzene rings is 1. The van der Waals surface area contributed by atoms with Crippen LogP contribution in [0.25, 0.3) is 11.4 Å². The Hall–Kier alpha value is -2.64. The number of methoxy groups -OCH3 is 2. The minimum Gasteiger partial charge on any atom is -0.493 e. The van der Waals surface area contributed by atoms with Crippen molar-refractivity contribution in [3.8, 4) is 22.9 Å². The summed E-state index contributed by atoms with van der Waals surface area (Å²) in [5, 5.41) is 7.53. The van der Waals surface area contributed by atoms with Crippen LogP contribution in [0.2, 0.25) is 0 Å². The van der Waals surface area contributed by atoms with Crippen molar-refractivity contribution >= 4 is 11.6 Å². The van der Waals surface area contributed by atoms with E-state index in [9.17, 15) is 0 Å². The van der Waals surface area contributed by atoms with Gasteiger partial charge >= 0.3 is 0 Å². The van der Waals surface area contributed by atoms with E-state index in [1.165, 1.54) is 14.2 Å². The second-order valence-electron chi connectivity index (χ2n) is 3.55. The molecule has 0 aliphatic rings. The third-order valence-electron chi connectivity index (χ3n) is 2.52. The number of nitrogen functional groups attached to an aromatic ring is 3. The number of hydrogen-bond donors (Lipinski definition) is 3. The quantitative estimate of drug-likeness (QED) is 0.510. The van der Waals surface area contributed by atoms with Crippen LogP contribution in [0.5, 0.6) is 11.5 Å². The van der Waals surface area contributed by atoms with Crippen molar-refractivity contribution in [2.75, 3.05) is 31.5 Å². The lowest BCUT2D eigenvalue weighted by atomic mass is 10.1. The first-order valence-corrected chi connectivity index (χ1v) is 5.06. The minimum atomic E-state index is 0.0965. The molecule has 1 heterocycles. The van der Waals surface area contributed by atoms with E-state index in [4.69, 9.17) is 26.8 Å². The van der Waals surface area contributed by atoms with Gasteiger partial charge in [0.05, 0.1) is 14.2 Å². The van der Waals surface area contributed by atoms with Crippen LogP contribution in [0.15, 0.2) is 12.1 Å². The SMILES string of the molecule is COc1cc(N)c(-c2nnc(N)n2N)cc1OC. The first kappa shape index (κ1) is 11.8. The number of rotatable bonds is 3. The number of aromatic nitrogens is 3. The molecule has 96 valence electrons. The van der Waals surface area contributed by atoms with Crippen molar-refractivity contribution in [3.63, 3.8) is 0 Å². The van der Waals surface area contributed by atoms with Gasteiger partial charge in [0, 0.05) is 17.3 Å². The molecule has 0 spiro atoms. The van der Waals surface area contributed by atoms with Crippen LogP contribution in [0.4, 0.5) is 11.6 Å². The number of nitrogens with zero attached hydrogens (tertiary/aromatic N) is 3. The summed E-state index contributed by atoms with van der Waals surface area (Å²) >= 11 is 0. The van der Waals surface area contributed by atoms with E-state index in [0.29, 0.717) is 28.6 Å². The highest BCUT2D eigenvalue weighted by Crippen LogP contribution is 2.36. The van der Waals surface area contributed by atoms with E-state index in [0.717, 1.165) is 4.68 Å². The van der Waals surface area contributed by atoms with E-state index >= 15 is 0 Å². The Kier molecular flexibility index (Phi) is 2.84. The van der Waals surface area contributed by atoms with Crippen molar-refractivity contribution in [3.05, 3.63) is 12.1 Å². The highest BCUT2D eigenvalue weighted by Gasteiger charge is 2.16. The molecule has 8 nitrogen and oxygen atoms in total. The average molecular weight is 250 g/mol. The van der Waals surface area contributed by atoms with Gasteiger partial charge in [-0.15, -0.1) is 10.2 Å². The zero-order chi connectivity index (χ0) is 13.3. The van der Waals surface area contributed by atoms with Gasteiger partial charge in [-0.05, 0) is 6.07 Å². The van der Waals surface area contributed by atoms with Gasteiger partial charge < -0.3 is 26.8 Å². The number of ether oxygens (including phenoxy) is 2. The monoisotopic (exact) mass is 250 g/mol. The molecule has 0 fully saturated rings. The molecule has 0 radical (unpaired) electrons. The highest BCUT2D eigenvalue weighted by molar-refractivity contribution is 5.76. The number of hydrogen-bond acceptors (Lipinski definition) is 7. The molecule has 0 amide bonds. The Labute approximate surface area is 103 Å². The molecule has 6 N–H and O–H groups in total. The maximum Gasteiger partial charge on any atom is 0.241 e. The molecule has 0 atom stereocenters. The van der Waals surface area contributed by atoms with Crippen LogP contribution in [-0.2, 0) is 0 Å². The van der Waals surface area contributed by atoms with E-state index in [2.05, 4.69) is 10.2 Å². The molecule has 0 aliphatic carbocycles. The van der Waals surface area contributed by atoms with Crippen molar-refractivity contribution in [1.82, 2.24) is 14.9 Å². The van der Waals surface area contributed by atoms with Crippen LogP contribution >= 0.6 is 0 Å². The molecule has 0 unspecified atom stereocenters. The summed E-state index contributed by atoms with van der Waals surface area (Å²) < 4.78 is 11.5. The fraction of sp³-hybridized carbons (Fsp3) is 0.200. The topological polar surface area (TPSA) is 127 Å². The highest BCUT2D eigenvalue weighted by atomic mass is 16.5. The first-order chi connectivity index (χ1) is 8.58. The lowest BCUT2D eigenvalue weighted by Gasteiger charge is -2.11. The summed E-state index contributed by atoms with van der Waals surface area (Å²) in [5.74, 6) is 7.19. The van der Waals surface area contributed by atoms with Crippen LogP contribution in [0.1, 0.15) is 0 Å². The van der Waals surface area contributed by atoms with E-state index in [1.807, 2.05) is 0 Å². The Morgan fingerprint density at radius 2 is 1.67 bits per heavy atom. The molecule has 0 saturated heterocycles. The summed E-state index contributed by atoms with van der Waals surface area (Å²) in [5.41, 5.74) is 12.4. The van der Waals surface area contributed by atoms with Gasteiger partial charge in [0.1, 0.15) is 0 Å². The normalized spacial score (nSPS) is 10.3. The van der Waals surface area contributed by atoms with Gasteiger partial charge in [-0.2, -0.15) is 0 Å². The summed E-state index contributed by atoms with van der Waals surface area (Å²) in [6, 6.07) is 3.29. The number of anilines is 2. The fourth-order valence-corrected chi connectivity index (χ4v) is 1.58. The minimum absolute atomic E-state index is 0.0965. The molecule has 2 aromatic rings. The number of nitrogens with two attached hydrogens (primary N) is 3. The van der Waals surface area contributed by atoms with Crippen molar-refractivity contribution in [2.24, 2.45) is 0 Å². The molecular weight excluding hydrogens is 236 g/mol. The molecule has 18 heavy (non-hydrogen) atoms. The molecule has 0 bridgehead atoms. The summed E-state index contributed by atoms with van der Waals surface area (Å²) in [6.45, 7) is 0. The Morgan fingerprint density at radius 3 is 2.17 bits per heavy atom. The fourth-order valence-electron chi connectivity index (χ4n) is 1.58. The van der Waals surface area contributed by atoms with Gasteiger partial charge in [-0.1, -0.05) is 0 Å². The third-order valence-corrected chi connectivity index (χ3v) is 2.52. The molecule has 1 aromatic heterocycles. The van der Waals surface area contributed by atoms with E-state index in [-0.39, 0.29) is 5.95 Å². The largest absolute Gasteiger partial charge is 0.493 e. The Balaban J connectivity index is 2.61. The van der Waals surface area contributed by atoms with Gasteiger partial charge in [0.15, 0.2) is 17.3 Å². The van der Waals surface area contributed by atoms with Gasteiger partial charge in [0.2, 0.25) is 5.95 Å². The maximum absolute atomic E-state index is 5.92. The molecule has 8 heteroatoms. The molecule has 1 aromatic carbocycles. The van der Waals surface area contributed by atoms with Gasteiger partial charge in [0.25, 0.3) is 0 Å². The van der Waals surface area contributed by atoms with Crippen molar-refractivity contribution < 1.29 is 9.47 Å². The summed E-state index contributed by atoms with van der Waals surface area (Å²) in [4.78, 5) is 0. The van der Waals surface area contributed by atoms with Crippen LogP contribution < -0.4 is 26.8 Å². The average Bonchev–Trinajstić information content (AvgIpc) is 2.70. The van der Waals surface area contributed by atoms with Crippen LogP contribution in [0.3, 0.4) is 0 Å². The zero-order valence-corrected chi connectivity index (χ0v) is 10.0. The van der Waals surface area contributed by atoms with E-state index < -0.39 is 0 Å². The summed E-state index contributed by atoms with van der Waals surface area (Å²) in [7, 11) is 3.06. The van der Waals surface area contributed by atoms with Gasteiger partial charge in [-0.3, -0.25) is 0 Å².